The standard InChI is InChI=1S/C20H34/c1-7-19(3,4)14-12-17-10-9-11-18(16-17)13-15-20(5,6)8-2/h9-11,16H,7-8,12-15H2,1-6H3. The Bertz CT molecular complexity index is 363. The monoisotopic (exact) mass is 274 g/mol. The summed E-state index contributed by atoms with van der Waals surface area (Å²) in [7, 11) is 0. The maximum absolute atomic E-state index is 2.43. The summed E-state index contributed by atoms with van der Waals surface area (Å²) in [6.07, 6.45) is 7.52. The maximum atomic E-state index is 2.43. The SMILES string of the molecule is CCC(C)(C)CCc1cccc(CCC(C)(C)CC)c1. The van der Waals surface area contributed by atoms with Gasteiger partial charge in [-0.3, -0.25) is 0 Å². The van der Waals surface area contributed by atoms with Crippen molar-refractivity contribution in [2.24, 2.45) is 10.8 Å². The summed E-state index contributed by atoms with van der Waals surface area (Å²) in [5.41, 5.74) is 3.97. The fourth-order valence-electron chi connectivity index (χ4n) is 2.26. The van der Waals surface area contributed by atoms with Gasteiger partial charge in [-0.1, -0.05) is 78.6 Å². The van der Waals surface area contributed by atoms with Crippen molar-refractivity contribution in [1.82, 2.24) is 0 Å². The van der Waals surface area contributed by atoms with Crippen LogP contribution < -0.4 is 0 Å². The van der Waals surface area contributed by atoms with E-state index in [-0.39, 0.29) is 0 Å². The summed E-state index contributed by atoms with van der Waals surface area (Å²) in [6, 6.07) is 9.25. The summed E-state index contributed by atoms with van der Waals surface area (Å²) in [5, 5.41) is 0. The summed E-state index contributed by atoms with van der Waals surface area (Å²) in [6.45, 7) is 14.1. The Morgan fingerprint density at radius 3 is 1.50 bits per heavy atom. The fourth-order valence-corrected chi connectivity index (χ4v) is 2.26. The quantitative estimate of drug-likeness (QED) is 0.513. The first-order valence-corrected chi connectivity index (χ1v) is 8.36. The first-order chi connectivity index (χ1) is 9.28. The molecule has 0 aromatic heterocycles. The maximum Gasteiger partial charge on any atom is -0.0274 e. The van der Waals surface area contributed by atoms with Crippen LogP contribution in [0.15, 0.2) is 24.3 Å². The van der Waals surface area contributed by atoms with Gasteiger partial charge < -0.3 is 0 Å². The van der Waals surface area contributed by atoms with Gasteiger partial charge >= 0.3 is 0 Å². The largest absolute Gasteiger partial charge is 0.0649 e. The Labute approximate surface area is 127 Å². The fraction of sp³-hybridized carbons (Fsp3) is 0.700. The lowest BCUT2D eigenvalue weighted by atomic mass is 9.82. The number of aryl methyl sites for hydroxylation is 2. The molecule has 1 aromatic rings. The molecule has 0 bridgehead atoms. The van der Waals surface area contributed by atoms with E-state index in [1.165, 1.54) is 49.7 Å². The molecule has 0 heteroatoms. The molecule has 0 amide bonds. The second-order valence-electron chi connectivity index (χ2n) is 7.86. The zero-order chi connectivity index (χ0) is 15.2. The lowest BCUT2D eigenvalue weighted by Gasteiger charge is -2.23. The van der Waals surface area contributed by atoms with Crippen molar-refractivity contribution in [3.63, 3.8) is 0 Å². The zero-order valence-corrected chi connectivity index (χ0v) is 14.6. The number of benzene rings is 1. The van der Waals surface area contributed by atoms with Crippen molar-refractivity contribution in [3.8, 4) is 0 Å². The van der Waals surface area contributed by atoms with Crippen molar-refractivity contribution >= 4 is 0 Å². The number of hydrogen-bond acceptors (Lipinski definition) is 0. The van der Waals surface area contributed by atoms with Crippen LogP contribution in [0.2, 0.25) is 0 Å². The van der Waals surface area contributed by atoms with Crippen molar-refractivity contribution in [3.05, 3.63) is 35.4 Å². The molecule has 0 radical (unpaired) electrons. The topological polar surface area (TPSA) is 0 Å². The van der Waals surface area contributed by atoms with Crippen LogP contribution in [0.3, 0.4) is 0 Å². The van der Waals surface area contributed by atoms with Crippen LogP contribution in [0, 0.1) is 10.8 Å². The van der Waals surface area contributed by atoms with E-state index in [0.717, 1.165) is 0 Å². The van der Waals surface area contributed by atoms with Crippen molar-refractivity contribution in [1.29, 1.82) is 0 Å². The highest BCUT2D eigenvalue weighted by atomic mass is 14.2. The average molecular weight is 274 g/mol. The van der Waals surface area contributed by atoms with Crippen molar-refractivity contribution in [2.75, 3.05) is 0 Å². The van der Waals surface area contributed by atoms with E-state index >= 15 is 0 Å². The van der Waals surface area contributed by atoms with Crippen LogP contribution in [0.5, 0.6) is 0 Å². The molecule has 0 saturated heterocycles. The molecule has 0 aliphatic carbocycles. The molecule has 0 nitrogen and oxygen atoms in total. The van der Waals surface area contributed by atoms with Crippen molar-refractivity contribution in [2.45, 2.75) is 80.1 Å². The van der Waals surface area contributed by atoms with Crippen LogP contribution in [0.25, 0.3) is 0 Å². The molecule has 114 valence electrons. The third-order valence-electron chi connectivity index (χ3n) is 5.09. The molecule has 0 aliphatic rings. The second-order valence-corrected chi connectivity index (χ2v) is 7.86. The molecule has 0 atom stereocenters. The van der Waals surface area contributed by atoms with E-state index in [9.17, 15) is 0 Å². The molecule has 0 aliphatic heterocycles. The molecule has 20 heavy (non-hydrogen) atoms. The first-order valence-electron chi connectivity index (χ1n) is 8.36. The Kier molecular flexibility index (Phi) is 6.30. The predicted molar refractivity (Wildman–Crippen MR) is 91.2 cm³/mol. The molecular formula is C20H34. The van der Waals surface area contributed by atoms with Crippen LogP contribution in [-0.2, 0) is 12.8 Å². The van der Waals surface area contributed by atoms with E-state index in [1.54, 1.807) is 0 Å². The Hall–Kier alpha value is -0.780. The van der Waals surface area contributed by atoms with Crippen LogP contribution in [-0.4, -0.2) is 0 Å². The second kappa shape index (κ2) is 7.29. The van der Waals surface area contributed by atoms with E-state index in [2.05, 4.69) is 65.8 Å². The van der Waals surface area contributed by atoms with E-state index in [1.807, 2.05) is 0 Å². The van der Waals surface area contributed by atoms with Gasteiger partial charge in [-0.25, -0.2) is 0 Å². The van der Waals surface area contributed by atoms with Crippen LogP contribution in [0.1, 0.15) is 78.4 Å². The van der Waals surface area contributed by atoms with Crippen molar-refractivity contribution < 1.29 is 0 Å². The first kappa shape index (κ1) is 17.3. The lowest BCUT2D eigenvalue weighted by molar-refractivity contribution is 0.321. The number of rotatable bonds is 8. The predicted octanol–water partition coefficient (Wildman–Crippen LogP) is 6.42. The molecule has 0 unspecified atom stereocenters. The van der Waals surface area contributed by atoms with Gasteiger partial charge in [0.15, 0.2) is 0 Å². The highest BCUT2D eigenvalue weighted by Gasteiger charge is 2.16. The Morgan fingerprint density at radius 1 is 0.750 bits per heavy atom. The van der Waals surface area contributed by atoms with Gasteiger partial charge in [0.2, 0.25) is 0 Å². The average Bonchev–Trinajstić information content (AvgIpc) is 2.44. The smallest absolute Gasteiger partial charge is 0.0274 e. The molecular weight excluding hydrogens is 240 g/mol. The lowest BCUT2D eigenvalue weighted by Crippen LogP contribution is -2.11. The Balaban J connectivity index is 2.58. The minimum atomic E-state index is 0.472. The van der Waals surface area contributed by atoms with Crippen LogP contribution in [0.4, 0.5) is 0 Å². The minimum Gasteiger partial charge on any atom is -0.0649 e. The third kappa shape index (κ3) is 6.11. The van der Waals surface area contributed by atoms with Gasteiger partial charge in [-0.2, -0.15) is 0 Å². The zero-order valence-electron chi connectivity index (χ0n) is 14.6. The Morgan fingerprint density at radius 2 is 1.15 bits per heavy atom. The van der Waals surface area contributed by atoms with Crippen LogP contribution >= 0.6 is 0 Å². The molecule has 0 heterocycles. The van der Waals surface area contributed by atoms with Gasteiger partial charge in [-0.15, -0.1) is 0 Å². The van der Waals surface area contributed by atoms with E-state index < -0.39 is 0 Å². The molecule has 0 fully saturated rings. The summed E-state index contributed by atoms with van der Waals surface area (Å²) >= 11 is 0. The summed E-state index contributed by atoms with van der Waals surface area (Å²) in [5.74, 6) is 0. The van der Waals surface area contributed by atoms with Gasteiger partial charge in [0.25, 0.3) is 0 Å². The van der Waals surface area contributed by atoms with E-state index in [4.69, 9.17) is 0 Å². The van der Waals surface area contributed by atoms with Gasteiger partial charge in [0.05, 0.1) is 0 Å². The highest BCUT2D eigenvalue weighted by molar-refractivity contribution is 5.24. The molecule has 1 aromatic carbocycles. The number of hydrogen-bond donors (Lipinski definition) is 0. The normalized spacial score (nSPS) is 12.7. The third-order valence-corrected chi connectivity index (χ3v) is 5.09. The van der Waals surface area contributed by atoms with Gasteiger partial charge in [-0.05, 0) is 47.6 Å². The van der Waals surface area contributed by atoms with Gasteiger partial charge in [0.1, 0.15) is 0 Å². The van der Waals surface area contributed by atoms with E-state index in [0.29, 0.717) is 10.8 Å². The molecule has 1 rings (SSSR count). The highest BCUT2D eigenvalue weighted by Crippen LogP contribution is 2.28. The summed E-state index contributed by atoms with van der Waals surface area (Å²) < 4.78 is 0. The minimum absolute atomic E-state index is 0.472. The summed E-state index contributed by atoms with van der Waals surface area (Å²) in [4.78, 5) is 0. The molecule has 0 N–H and O–H groups in total. The molecule has 0 spiro atoms. The van der Waals surface area contributed by atoms with Gasteiger partial charge in [0, 0.05) is 0 Å². The molecule has 0 saturated carbocycles.